The van der Waals surface area contributed by atoms with Crippen molar-refractivity contribution < 1.29 is 19.8 Å². The molecular weight excluding hydrogens is 232 g/mol. The molecule has 1 aromatic rings. The van der Waals surface area contributed by atoms with E-state index in [1.165, 1.54) is 0 Å². The van der Waals surface area contributed by atoms with E-state index in [0.29, 0.717) is 0 Å². The number of hydrogen-bond acceptors (Lipinski definition) is 2. The van der Waals surface area contributed by atoms with Gasteiger partial charge in [0.25, 0.3) is 0 Å². The van der Waals surface area contributed by atoms with E-state index in [9.17, 15) is 14.7 Å². The van der Waals surface area contributed by atoms with Crippen LogP contribution in [0.15, 0.2) is 42.5 Å². The molecule has 0 radical (unpaired) electrons. The number of benzene rings is 1. The van der Waals surface area contributed by atoms with Crippen molar-refractivity contribution in [2.75, 3.05) is 0 Å². The van der Waals surface area contributed by atoms with E-state index in [-0.39, 0.29) is 18.4 Å². The first-order valence-corrected chi connectivity index (χ1v) is 5.64. The molecule has 0 amide bonds. The molecule has 0 aromatic heterocycles. The number of carboxylic acid groups (broad SMARTS) is 2. The van der Waals surface area contributed by atoms with Crippen molar-refractivity contribution in [3.05, 3.63) is 48.0 Å². The van der Waals surface area contributed by atoms with Crippen LogP contribution >= 0.6 is 0 Å². The van der Waals surface area contributed by atoms with Crippen molar-refractivity contribution in [2.45, 2.75) is 19.8 Å². The second kappa shape index (κ2) is 5.49. The Morgan fingerprint density at radius 1 is 1.22 bits per heavy atom. The predicted molar refractivity (Wildman–Crippen MR) is 67.3 cm³/mol. The molecule has 0 heterocycles. The van der Waals surface area contributed by atoms with Gasteiger partial charge in [0, 0.05) is 5.57 Å². The van der Waals surface area contributed by atoms with Crippen LogP contribution in [0.1, 0.15) is 18.9 Å². The van der Waals surface area contributed by atoms with Gasteiger partial charge in [-0.25, -0.2) is 4.79 Å². The van der Waals surface area contributed by atoms with Crippen molar-refractivity contribution in [3.8, 4) is 0 Å². The second-order valence-corrected chi connectivity index (χ2v) is 4.19. The van der Waals surface area contributed by atoms with Crippen LogP contribution in [-0.4, -0.2) is 22.2 Å². The number of rotatable bonds is 6. The molecule has 18 heavy (non-hydrogen) atoms. The fourth-order valence-corrected chi connectivity index (χ4v) is 1.95. The molecule has 0 saturated heterocycles. The first-order valence-electron chi connectivity index (χ1n) is 5.64. The highest BCUT2D eigenvalue weighted by molar-refractivity contribution is 5.96. The van der Waals surface area contributed by atoms with Crippen LogP contribution in [0.2, 0.25) is 0 Å². The average molecular weight is 248 g/mol. The summed E-state index contributed by atoms with van der Waals surface area (Å²) in [5, 5.41) is 18.4. The van der Waals surface area contributed by atoms with Gasteiger partial charge in [-0.15, -0.1) is 0 Å². The molecule has 2 N–H and O–H groups in total. The summed E-state index contributed by atoms with van der Waals surface area (Å²) >= 11 is 0. The third-order valence-electron chi connectivity index (χ3n) is 3.20. The Labute approximate surface area is 106 Å². The standard InChI is InChI=1S/C14H16O4/c1-3-14(13(17)18,10(2)12(15)16)9-11-7-5-4-6-8-11/h4-8H,2-3,9H2,1H3,(H,15,16)(H,17,18). The molecule has 1 atom stereocenters. The third kappa shape index (κ3) is 2.59. The normalized spacial score (nSPS) is 13.6. The summed E-state index contributed by atoms with van der Waals surface area (Å²) in [5.41, 5.74) is -0.946. The van der Waals surface area contributed by atoms with Gasteiger partial charge >= 0.3 is 11.9 Å². The second-order valence-electron chi connectivity index (χ2n) is 4.19. The summed E-state index contributed by atoms with van der Waals surface area (Å²) in [5.74, 6) is -2.42. The van der Waals surface area contributed by atoms with E-state index >= 15 is 0 Å². The maximum atomic E-state index is 11.5. The van der Waals surface area contributed by atoms with Crippen LogP contribution in [0, 0.1) is 5.41 Å². The number of aliphatic carboxylic acids is 2. The lowest BCUT2D eigenvalue weighted by Gasteiger charge is -2.28. The lowest BCUT2D eigenvalue weighted by molar-refractivity contribution is -0.150. The SMILES string of the molecule is C=C(C(=O)O)C(CC)(Cc1ccccc1)C(=O)O. The molecule has 0 spiro atoms. The minimum absolute atomic E-state index is 0.130. The number of carbonyl (C=O) groups is 2. The minimum Gasteiger partial charge on any atom is -0.481 e. The van der Waals surface area contributed by atoms with E-state index in [2.05, 4.69) is 6.58 Å². The first kappa shape index (κ1) is 14.0. The lowest BCUT2D eigenvalue weighted by Crippen LogP contribution is -2.37. The summed E-state index contributed by atoms with van der Waals surface area (Å²) in [6.07, 6.45) is 0.313. The van der Waals surface area contributed by atoms with Gasteiger partial charge in [-0.1, -0.05) is 43.8 Å². The maximum absolute atomic E-state index is 11.5. The fraction of sp³-hybridized carbons (Fsp3) is 0.286. The topological polar surface area (TPSA) is 74.6 Å². The summed E-state index contributed by atoms with van der Waals surface area (Å²) in [7, 11) is 0. The van der Waals surface area contributed by atoms with Gasteiger partial charge in [0.1, 0.15) is 5.41 Å². The number of hydrogen-bond donors (Lipinski definition) is 2. The molecule has 0 aliphatic carbocycles. The highest BCUT2D eigenvalue weighted by atomic mass is 16.4. The summed E-state index contributed by atoms with van der Waals surface area (Å²) in [6.45, 7) is 5.09. The Hall–Kier alpha value is -2.10. The zero-order valence-corrected chi connectivity index (χ0v) is 10.2. The highest BCUT2D eigenvalue weighted by Crippen LogP contribution is 2.35. The first-order chi connectivity index (χ1) is 8.44. The zero-order valence-electron chi connectivity index (χ0n) is 10.2. The monoisotopic (exact) mass is 248 g/mol. The van der Waals surface area contributed by atoms with Crippen molar-refractivity contribution >= 4 is 11.9 Å². The third-order valence-corrected chi connectivity index (χ3v) is 3.20. The van der Waals surface area contributed by atoms with Crippen LogP contribution in [0.4, 0.5) is 0 Å². The quantitative estimate of drug-likeness (QED) is 0.758. The van der Waals surface area contributed by atoms with Gasteiger partial charge in [0.2, 0.25) is 0 Å². The Kier molecular flexibility index (Phi) is 4.26. The molecular formula is C14H16O4. The molecule has 4 heteroatoms. The van der Waals surface area contributed by atoms with Gasteiger partial charge in [-0.3, -0.25) is 4.79 Å². The molecule has 96 valence electrons. The smallest absolute Gasteiger partial charge is 0.332 e. The van der Waals surface area contributed by atoms with Gasteiger partial charge in [0.05, 0.1) is 0 Å². The molecule has 0 aliphatic heterocycles. The van der Waals surface area contributed by atoms with Gasteiger partial charge < -0.3 is 10.2 Å². The molecule has 1 rings (SSSR count). The average Bonchev–Trinajstić information content (AvgIpc) is 2.36. The zero-order chi connectivity index (χ0) is 13.8. The van der Waals surface area contributed by atoms with Crippen LogP contribution < -0.4 is 0 Å². The lowest BCUT2D eigenvalue weighted by atomic mass is 9.73. The highest BCUT2D eigenvalue weighted by Gasteiger charge is 2.42. The van der Waals surface area contributed by atoms with Crippen molar-refractivity contribution in [1.82, 2.24) is 0 Å². The molecule has 4 nitrogen and oxygen atoms in total. The largest absolute Gasteiger partial charge is 0.481 e. The van der Waals surface area contributed by atoms with Crippen LogP contribution in [0.5, 0.6) is 0 Å². The molecule has 0 fully saturated rings. The Balaban J connectivity index is 3.17. The number of carboxylic acids is 2. The van der Waals surface area contributed by atoms with Crippen molar-refractivity contribution in [1.29, 1.82) is 0 Å². The van der Waals surface area contributed by atoms with E-state index < -0.39 is 17.4 Å². The fourth-order valence-electron chi connectivity index (χ4n) is 1.95. The summed E-state index contributed by atoms with van der Waals surface area (Å²) in [4.78, 5) is 22.5. The Bertz CT molecular complexity index is 464. The molecule has 0 aliphatic rings. The van der Waals surface area contributed by atoms with E-state index in [1.54, 1.807) is 31.2 Å². The van der Waals surface area contributed by atoms with Crippen LogP contribution in [-0.2, 0) is 16.0 Å². The van der Waals surface area contributed by atoms with Crippen molar-refractivity contribution in [3.63, 3.8) is 0 Å². The predicted octanol–water partition coefficient (Wildman–Crippen LogP) is 2.35. The van der Waals surface area contributed by atoms with Crippen molar-refractivity contribution in [2.24, 2.45) is 5.41 Å². The van der Waals surface area contributed by atoms with E-state index in [4.69, 9.17) is 5.11 Å². The molecule has 1 aromatic carbocycles. The van der Waals surface area contributed by atoms with Gasteiger partial charge in [-0.05, 0) is 18.4 Å². The van der Waals surface area contributed by atoms with Crippen LogP contribution in [0.3, 0.4) is 0 Å². The molecule has 0 bridgehead atoms. The maximum Gasteiger partial charge on any atom is 0.332 e. The minimum atomic E-state index is -1.45. The van der Waals surface area contributed by atoms with E-state index in [0.717, 1.165) is 5.56 Å². The summed E-state index contributed by atoms with van der Waals surface area (Å²) in [6, 6.07) is 8.97. The molecule has 0 saturated carbocycles. The summed E-state index contributed by atoms with van der Waals surface area (Å²) < 4.78 is 0. The Morgan fingerprint density at radius 2 is 1.78 bits per heavy atom. The van der Waals surface area contributed by atoms with Gasteiger partial charge in [0.15, 0.2) is 0 Å². The molecule has 1 unspecified atom stereocenters. The van der Waals surface area contributed by atoms with Gasteiger partial charge in [-0.2, -0.15) is 0 Å². The Morgan fingerprint density at radius 3 is 2.17 bits per heavy atom. The van der Waals surface area contributed by atoms with Crippen LogP contribution in [0.25, 0.3) is 0 Å². The van der Waals surface area contributed by atoms with E-state index in [1.807, 2.05) is 6.07 Å².